The molecule has 2 atom stereocenters. The van der Waals surface area contributed by atoms with Crippen LogP contribution in [0.5, 0.6) is 0 Å². The molecule has 0 radical (unpaired) electrons. The Morgan fingerprint density at radius 2 is 1.79 bits per heavy atom. The van der Waals surface area contributed by atoms with Crippen LogP contribution in [-0.2, 0) is 13.1 Å². The highest BCUT2D eigenvalue weighted by Crippen LogP contribution is 2.31. The van der Waals surface area contributed by atoms with E-state index >= 15 is 0 Å². The zero-order valence-electron chi connectivity index (χ0n) is 19.7. The second-order valence-electron chi connectivity index (χ2n) is 8.84. The molecular weight excluding hydrogens is 525 g/mol. The highest BCUT2D eigenvalue weighted by atomic mass is 127. The predicted octanol–water partition coefficient (Wildman–Crippen LogP) is 3.73. The number of carbonyl (C=O) groups is 1. The maximum atomic E-state index is 11.7. The van der Waals surface area contributed by atoms with Crippen LogP contribution in [0.4, 0.5) is 0 Å². The van der Waals surface area contributed by atoms with Crippen LogP contribution in [0.25, 0.3) is 0 Å². The number of nitrogens with one attached hydrogen (secondary N) is 2. The third-order valence-electron chi connectivity index (χ3n) is 6.82. The number of guanidine groups is 1. The van der Waals surface area contributed by atoms with Crippen LogP contribution in [0.1, 0.15) is 40.7 Å². The number of benzene rings is 2. The Morgan fingerprint density at radius 1 is 1.03 bits per heavy atom. The number of hydrogen-bond donors (Lipinski definition) is 2. The van der Waals surface area contributed by atoms with Gasteiger partial charge in [0.25, 0.3) is 5.91 Å². The van der Waals surface area contributed by atoms with E-state index in [0.717, 1.165) is 31.2 Å². The lowest BCUT2D eigenvalue weighted by atomic mass is 9.83. The van der Waals surface area contributed by atoms with E-state index in [9.17, 15) is 4.79 Å². The average molecular weight is 562 g/mol. The van der Waals surface area contributed by atoms with Crippen molar-refractivity contribution >= 4 is 35.8 Å². The van der Waals surface area contributed by atoms with E-state index in [1.165, 1.54) is 31.4 Å². The van der Waals surface area contributed by atoms with Crippen molar-refractivity contribution in [1.82, 2.24) is 20.4 Å². The number of likely N-dealkylation sites (tertiary alicyclic amines) is 2. The minimum absolute atomic E-state index is 0. The number of aliphatic imine (C=N–C) groups is 1. The molecule has 0 spiro atoms. The second-order valence-corrected chi connectivity index (χ2v) is 8.84. The molecule has 178 valence electrons. The van der Waals surface area contributed by atoms with Crippen LogP contribution in [0.15, 0.2) is 59.6 Å². The summed E-state index contributed by atoms with van der Waals surface area (Å²) in [6.07, 6.45) is 3.75. The van der Waals surface area contributed by atoms with Crippen LogP contribution in [0.3, 0.4) is 0 Å². The number of amides is 1. The van der Waals surface area contributed by atoms with Gasteiger partial charge in [-0.1, -0.05) is 42.5 Å². The van der Waals surface area contributed by atoms with E-state index in [0.29, 0.717) is 24.1 Å². The van der Waals surface area contributed by atoms with Crippen LogP contribution in [-0.4, -0.2) is 61.4 Å². The largest absolute Gasteiger partial charge is 0.355 e. The standard InChI is InChI=1S/C26H35N5O.HI/c1-27-25(32)22-12-10-20(11-13-22)17-29-26(28-2)31-16-14-24-23(19-31)9-6-15-30(24)18-21-7-4-3-5-8-21;/h3-5,7-8,10-13,23-24H,6,9,14-19H2,1-2H3,(H,27,32)(H,28,29);1H. The maximum Gasteiger partial charge on any atom is 0.251 e. The molecule has 2 aromatic carbocycles. The Morgan fingerprint density at radius 3 is 2.48 bits per heavy atom. The average Bonchev–Trinajstić information content (AvgIpc) is 2.85. The number of fused-ring (bicyclic) bond motifs is 1. The summed E-state index contributed by atoms with van der Waals surface area (Å²) in [4.78, 5) is 21.4. The number of rotatable bonds is 5. The van der Waals surface area contributed by atoms with Crippen molar-refractivity contribution in [3.63, 3.8) is 0 Å². The molecule has 2 N–H and O–H groups in total. The molecule has 2 aromatic rings. The minimum Gasteiger partial charge on any atom is -0.355 e. The zero-order valence-corrected chi connectivity index (χ0v) is 22.0. The molecular formula is C26H36IN5O. The van der Waals surface area contributed by atoms with E-state index in [2.05, 4.69) is 55.8 Å². The highest BCUT2D eigenvalue weighted by Gasteiger charge is 2.36. The van der Waals surface area contributed by atoms with Crippen molar-refractivity contribution < 1.29 is 4.79 Å². The van der Waals surface area contributed by atoms with E-state index in [4.69, 9.17) is 0 Å². The third kappa shape index (κ3) is 6.47. The Balaban J connectivity index is 0.00000306. The summed E-state index contributed by atoms with van der Waals surface area (Å²) in [5.74, 6) is 1.60. The summed E-state index contributed by atoms with van der Waals surface area (Å²) in [6, 6.07) is 19.3. The topological polar surface area (TPSA) is 60.0 Å². The van der Waals surface area contributed by atoms with Crippen molar-refractivity contribution in [2.24, 2.45) is 10.9 Å². The third-order valence-corrected chi connectivity index (χ3v) is 6.82. The maximum absolute atomic E-state index is 11.7. The number of piperidine rings is 2. The number of nitrogens with zero attached hydrogens (tertiary/aromatic N) is 3. The van der Waals surface area contributed by atoms with Gasteiger partial charge in [0.15, 0.2) is 5.96 Å². The Labute approximate surface area is 214 Å². The summed E-state index contributed by atoms with van der Waals surface area (Å²) < 4.78 is 0. The van der Waals surface area contributed by atoms with Gasteiger partial charge >= 0.3 is 0 Å². The van der Waals surface area contributed by atoms with E-state index in [-0.39, 0.29) is 29.9 Å². The minimum atomic E-state index is -0.0584. The monoisotopic (exact) mass is 561 g/mol. The van der Waals surface area contributed by atoms with Gasteiger partial charge in [0, 0.05) is 51.9 Å². The molecule has 0 aromatic heterocycles. The molecule has 4 rings (SSSR count). The number of hydrogen-bond acceptors (Lipinski definition) is 3. The van der Waals surface area contributed by atoms with Gasteiger partial charge in [0.1, 0.15) is 0 Å². The molecule has 2 aliphatic heterocycles. The molecule has 33 heavy (non-hydrogen) atoms. The van der Waals surface area contributed by atoms with E-state index in [1.807, 2.05) is 31.3 Å². The summed E-state index contributed by atoms with van der Waals surface area (Å²) in [7, 11) is 3.52. The lowest BCUT2D eigenvalue weighted by Gasteiger charge is -2.48. The van der Waals surface area contributed by atoms with E-state index < -0.39 is 0 Å². The van der Waals surface area contributed by atoms with Crippen molar-refractivity contribution in [3.05, 3.63) is 71.3 Å². The lowest BCUT2D eigenvalue weighted by Crippen LogP contribution is -2.56. The van der Waals surface area contributed by atoms with E-state index in [1.54, 1.807) is 7.05 Å². The number of carbonyl (C=O) groups excluding carboxylic acids is 1. The Kier molecular flexibility index (Phi) is 9.55. The molecule has 0 aliphatic carbocycles. The van der Waals surface area contributed by atoms with Crippen LogP contribution < -0.4 is 10.6 Å². The molecule has 2 fully saturated rings. The molecule has 6 nitrogen and oxygen atoms in total. The van der Waals surface area contributed by atoms with Crippen molar-refractivity contribution in [2.75, 3.05) is 33.7 Å². The molecule has 2 saturated heterocycles. The summed E-state index contributed by atoms with van der Waals surface area (Å²) in [5, 5.41) is 6.18. The first-order valence-electron chi connectivity index (χ1n) is 11.7. The van der Waals surface area contributed by atoms with Gasteiger partial charge in [-0.25, -0.2) is 0 Å². The predicted molar refractivity (Wildman–Crippen MR) is 145 cm³/mol. The smallest absolute Gasteiger partial charge is 0.251 e. The zero-order chi connectivity index (χ0) is 22.3. The molecule has 7 heteroatoms. The van der Waals surface area contributed by atoms with Crippen LogP contribution >= 0.6 is 24.0 Å². The Bertz CT molecular complexity index is 918. The van der Waals surface area contributed by atoms with Crippen LogP contribution in [0, 0.1) is 5.92 Å². The molecule has 0 saturated carbocycles. The number of halogens is 1. The van der Waals surface area contributed by atoms with Crippen molar-refractivity contribution in [1.29, 1.82) is 0 Å². The van der Waals surface area contributed by atoms with Gasteiger partial charge in [-0.2, -0.15) is 0 Å². The highest BCUT2D eigenvalue weighted by molar-refractivity contribution is 14.0. The van der Waals surface area contributed by atoms with Crippen LogP contribution in [0.2, 0.25) is 0 Å². The van der Waals surface area contributed by atoms with Gasteiger partial charge in [-0.15, -0.1) is 24.0 Å². The van der Waals surface area contributed by atoms with Crippen molar-refractivity contribution in [3.8, 4) is 0 Å². The fraction of sp³-hybridized carbons (Fsp3) is 0.462. The fourth-order valence-electron chi connectivity index (χ4n) is 5.14. The quantitative estimate of drug-likeness (QED) is 0.332. The van der Waals surface area contributed by atoms with Gasteiger partial charge in [-0.05, 0) is 55.0 Å². The van der Waals surface area contributed by atoms with Gasteiger partial charge < -0.3 is 15.5 Å². The molecule has 2 heterocycles. The molecule has 1 amide bonds. The SMILES string of the molecule is CN=C(NCc1ccc(C(=O)NC)cc1)N1CCC2C(CCCN2Cc2ccccc2)C1.I. The lowest BCUT2D eigenvalue weighted by molar-refractivity contribution is 0.0372. The van der Waals surface area contributed by atoms with Gasteiger partial charge in [0.2, 0.25) is 0 Å². The first kappa shape index (κ1) is 25.5. The summed E-state index contributed by atoms with van der Waals surface area (Å²) >= 11 is 0. The van der Waals surface area contributed by atoms with Gasteiger partial charge in [0.05, 0.1) is 0 Å². The molecule has 0 bridgehead atoms. The fourth-order valence-corrected chi connectivity index (χ4v) is 5.14. The Hall–Kier alpha value is -2.13. The van der Waals surface area contributed by atoms with Crippen molar-refractivity contribution in [2.45, 2.75) is 38.4 Å². The first-order valence-corrected chi connectivity index (χ1v) is 11.7. The summed E-state index contributed by atoms with van der Waals surface area (Å²) in [6.45, 7) is 5.05. The normalized spacial score (nSPS) is 21.0. The summed E-state index contributed by atoms with van der Waals surface area (Å²) in [5.41, 5.74) is 3.23. The van der Waals surface area contributed by atoms with Gasteiger partial charge in [-0.3, -0.25) is 14.7 Å². The second kappa shape index (κ2) is 12.4. The first-order chi connectivity index (χ1) is 15.7. The molecule has 2 unspecified atom stereocenters. The molecule has 2 aliphatic rings.